The van der Waals surface area contributed by atoms with Gasteiger partial charge in [0.25, 0.3) is 0 Å². The number of hydrogen-bond donors (Lipinski definition) is 0. The van der Waals surface area contributed by atoms with E-state index in [1.165, 1.54) is 26.2 Å². The van der Waals surface area contributed by atoms with Crippen LogP contribution in [0, 0.1) is 0 Å². The molecule has 0 bridgehead atoms. The lowest BCUT2D eigenvalue weighted by molar-refractivity contribution is -0.230. The molecule has 0 fully saturated rings. The van der Waals surface area contributed by atoms with Gasteiger partial charge >= 0.3 is 6.18 Å². The van der Waals surface area contributed by atoms with Gasteiger partial charge in [-0.25, -0.2) is 0 Å². The molecule has 1 aliphatic heterocycles. The first-order valence-corrected chi connectivity index (χ1v) is 6.16. The van der Waals surface area contributed by atoms with Crippen molar-refractivity contribution >= 4 is 12.2 Å². The predicted octanol–water partition coefficient (Wildman–Crippen LogP) is 4.45. The van der Waals surface area contributed by atoms with Crippen LogP contribution in [0.4, 0.5) is 13.2 Å². The van der Waals surface area contributed by atoms with E-state index in [2.05, 4.69) is 6.58 Å². The van der Waals surface area contributed by atoms with Crippen LogP contribution in [0.15, 0.2) is 24.8 Å². The Hall–Kier alpha value is -1.91. The van der Waals surface area contributed by atoms with E-state index in [0.29, 0.717) is 16.9 Å². The molecule has 0 N–H and O–H groups in total. The van der Waals surface area contributed by atoms with Crippen molar-refractivity contribution in [3.05, 3.63) is 35.9 Å². The third-order valence-electron chi connectivity index (χ3n) is 3.41. The fourth-order valence-electron chi connectivity index (χ4n) is 2.15. The van der Waals surface area contributed by atoms with Gasteiger partial charge in [0.15, 0.2) is 0 Å². The van der Waals surface area contributed by atoms with Crippen LogP contribution < -0.4 is 9.47 Å². The Morgan fingerprint density at radius 3 is 2.60 bits per heavy atom. The number of benzene rings is 1. The topological polar surface area (TPSA) is 18.5 Å². The third-order valence-corrected chi connectivity index (χ3v) is 3.41. The van der Waals surface area contributed by atoms with E-state index in [9.17, 15) is 13.2 Å². The second-order valence-corrected chi connectivity index (χ2v) is 4.51. The highest BCUT2D eigenvalue weighted by Crippen LogP contribution is 2.44. The Bertz CT molecular complexity index is 561. The van der Waals surface area contributed by atoms with E-state index in [1.807, 2.05) is 0 Å². The Morgan fingerprint density at radius 1 is 1.40 bits per heavy atom. The zero-order valence-corrected chi connectivity index (χ0v) is 11.3. The number of fused-ring (bicyclic) bond motifs is 1. The van der Waals surface area contributed by atoms with Crippen molar-refractivity contribution in [1.82, 2.24) is 0 Å². The zero-order chi connectivity index (χ0) is 15.0. The molecular weight excluding hydrogens is 269 g/mol. The maximum absolute atomic E-state index is 13.2. The summed E-state index contributed by atoms with van der Waals surface area (Å²) in [7, 11) is 1.45. The molecule has 1 atom stereocenters. The van der Waals surface area contributed by atoms with Crippen molar-refractivity contribution in [1.29, 1.82) is 0 Å². The second kappa shape index (κ2) is 4.89. The van der Waals surface area contributed by atoms with Gasteiger partial charge in [-0.3, -0.25) is 0 Å². The van der Waals surface area contributed by atoms with Crippen molar-refractivity contribution in [2.24, 2.45) is 0 Å². The standard InChI is InChI=1S/C15H15F3O2/c1-4-10-8-11-6-7-14(5-2,15(16,17)18)20-13(11)9-12(10)19-3/h4,6-9H,1,5H2,2-3H3. The molecule has 0 spiro atoms. The largest absolute Gasteiger partial charge is 0.496 e. The molecule has 1 unspecified atom stereocenters. The number of ether oxygens (including phenoxy) is 2. The van der Waals surface area contributed by atoms with Crippen molar-refractivity contribution < 1.29 is 22.6 Å². The molecule has 2 rings (SSSR count). The Balaban J connectivity index is 2.52. The molecule has 1 aromatic carbocycles. The van der Waals surface area contributed by atoms with Gasteiger partial charge in [-0.1, -0.05) is 25.7 Å². The van der Waals surface area contributed by atoms with Gasteiger partial charge in [0, 0.05) is 17.2 Å². The van der Waals surface area contributed by atoms with Crippen molar-refractivity contribution in [2.75, 3.05) is 7.11 Å². The first kappa shape index (κ1) is 14.5. The van der Waals surface area contributed by atoms with Crippen LogP contribution in [0.1, 0.15) is 24.5 Å². The lowest BCUT2D eigenvalue weighted by Gasteiger charge is -2.35. The van der Waals surface area contributed by atoms with Crippen molar-refractivity contribution in [3.8, 4) is 11.5 Å². The molecule has 20 heavy (non-hydrogen) atoms. The molecule has 1 aromatic rings. The number of hydrogen-bond acceptors (Lipinski definition) is 2. The number of halogens is 3. The lowest BCUT2D eigenvalue weighted by atomic mass is 9.94. The molecule has 0 amide bonds. The summed E-state index contributed by atoms with van der Waals surface area (Å²) in [6, 6.07) is 3.15. The molecule has 0 saturated carbocycles. The molecule has 5 heteroatoms. The maximum atomic E-state index is 13.2. The molecular formula is C15H15F3O2. The van der Waals surface area contributed by atoms with Gasteiger partial charge < -0.3 is 9.47 Å². The average molecular weight is 284 g/mol. The van der Waals surface area contributed by atoms with Crippen LogP contribution in [0.5, 0.6) is 11.5 Å². The van der Waals surface area contributed by atoms with Gasteiger partial charge in [-0.2, -0.15) is 13.2 Å². The van der Waals surface area contributed by atoms with Crippen molar-refractivity contribution in [3.63, 3.8) is 0 Å². The third kappa shape index (κ3) is 2.17. The second-order valence-electron chi connectivity index (χ2n) is 4.51. The summed E-state index contributed by atoms with van der Waals surface area (Å²) in [5, 5.41) is 0. The van der Waals surface area contributed by atoms with Crippen LogP contribution >= 0.6 is 0 Å². The van der Waals surface area contributed by atoms with Gasteiger partial charge in [0.2, 0.25) is 5.60 Å². The highest BCUT2D eigenvalue weighted by atomic mass is 19.4. The normalized spacial score (nSPS) is 21.1. The first-order valence-electron chi connectivity index (χ1n) is 6.16. The van der Waals surface area contributed by atoms with E-state index < -0.39 is 11.8 Å². The van der Waals surface area contributed by atoms with Gasteiger partial charge in [-0.15, -0.1) is 0 Å². The lowest BCUT2D eigenvalue weighted by Crippen LogP contribution is -2.49. The molecule has 0 aromatic heterocycles. The Morgan fingerprint density at radius 2 is 2.10 bits per heavy atom. The smallest absolute Gasteiger partial charge is 0.432 e. The molecule has 0 aliphatic carbocycles. The summed E-state index contributed by atoms with van der Waals surface area (Å²) in [6.07, 6.45) is -0.590. The fourth-order valence-corrected chi connectivity index (χ4v) is 2.15. The average Bonchev–Trinajstić information content (AvgIpc) is 2.43. The summed E-state index contributed by atoms with van der Waals surface area (Å²) >= 11 is 0. The molecule has 1 aliphatic rings. The fraction of sp³-hybridized carbons (Fsp3) is 0.333. The summed E-state index contributed by atoms with van der Waals surface area (Å²) in [6.45, 7) is 5.09. The number of methoxy groups -OCH3 is 1. The van der Waals surface area contributed by atoms with E-state index in [-0.39, 0.29) is 12.2 Å². The Labute approximate surface area is 115 Å². The van der Waals surface area contributed by atoms with Crippen LogP contribution in [-0.2, 0) is 0 Å². The van der Waals surface area contributed by atoms with Gasteiger partial charge in [0.05, 0.1) is 7.11 Å². The molecule has 0 radical (unpaired) electrons. The van der Waals surface area contributed by atoms with E-state index in [4.69, 9.17) is 9.47 Å². The number of rotatable bonds is 3. The minimum atomic E-state index is -4.47. The number of alkyl halides is 3. The molecule has 1 heterocycles. The minimum absolute atomic E-state index is 0.161. The monoisotopic (exact) mass is 284 g/mol. The van der Waals surface area contributed by atoms with Crippen LogP contribution in [0.25, 0.3) is 12.2 Å². The molecule has 108 valence electrons. The van der Waals surface area contributed by atoms with Crippen LogP contribution in [0.3, 0.4) is 0 Å². The van der Waals surface area contributed by atoms with Gasteiger partial charge in [-0.05, 0) is 18.6 Å². The quantitative estimate of drug-likeness (QED) is 0.816. The molecule has 2 nitrogen and oxygen atoms in total. The van der Waals surface area contributed by atoms with Crippen LogP contribution in [-0.4, -0.2) is 18.9 Å². The maximum Gasteiger partial charge on any atom is 0.432 e. The summed E-state index contributed by atoms with van der Waals surface area (Å²) in [4.78, 5) is 0. The zero-order valence-electron chi connectivity index (χ0n) is 11.3. The van der Waals surface area contributed by atoms with Crippen molar-refractivity contribution in [2.45, 2.75) is 25.1 Å². The predicted molar refractivity (Wildman–Crippen MR) is 71.8 cm³/mol. The Kier molecular flexibility index (Phi) is 3.54. The van der Waals surface area contributed by atoms with E-state index >= 15 is 0 Å². The summed E-state index contributed by atoms with van der Waals surface area (Å²) in [5.41, 5.74) is -0.995. The highest BCUT2D eigenvalue weighted by molar-refractivity contribution is 5.69. The van der Waals surface area contributed by atoms with Gasteiger partial charge in [0.1, 0.15) is 11.5 Å². The SMILES string of the molecule is C=Cc1cc2c(cc1OC)OC(CC)(C(F)(F)F)C=C2. The first-order chi connectivity index (χ1) is 9.36. The molecule has 0 saturated heterocycles. The minimum Gasteiger partial charge on any atom is -0.496 e. The summed E-state index contributed by atoms with van der Waals surface area (Å²) < 4.78 is 50.0. The van der Waals surface area contributed by atoms with E-state index in [0.717, 1.165) is 6.08 Å². The highest BCUT2D eigenvalue weighted by Gasteiger charge is 2.55. The van der Waals surface area contributed by atoms with Crippen LogP contribution in [0.2, 0.25) is 0 Å². The van der Waals surface area contributed by atoms with E-state index in [1.54, 1.807) is 12.1 Å². The summed E-state index contributed by atoms with van der Waals surface area (Å²) in [5.74, 6) is 0.593.